The summed E-state index contributed by atoms with van der Waals surface area (Å²) in [5.41, 5.74) is 9.39. The van der Waals surface area contributed by atoms with Gasteiger partial charge in [-0.25, -0.2) is 9.59 Å². The third-order valence-electron chi connectivity index (χ3n) is 18.7. The van der Waals surface area contributed by atoms with Crippen LogP contribution >= 0.6 is 0 Å². The number of aliphatic carboxylic acids is 1. The SMILES string of the molecule is CC(C)=CCC/C(C)=C/CC[C@@]1(C)Oc2c(c(O)cc3c2CN(CCC[C@@H](C(=O)N[C@@H](CCCCNC(=O)OCC2c4ccccc4-c4ccccc42)C(=O)O)N2Cc4c(cc(O)c5c4O[C@](C)(CC/C=C(\C)CCC=C(C)C)[C@@H](O)C5)C2=O)C3=O)C[C@@H]1O. The van der Waals surface area contributed by atoms with Gasteiger partial charge in [-0.1, -0.05) is 95.1 Å². The molecular formula is C72H90N4O13. The lowest BCUT2D eigenvalue weighted by Crippen LogP contribution is -2.52. The minimum Gasteiger partial charge on any atom is -0.508 e. The Balaban J connectivity index is 0.883. The van der Waals surface area contributed by atoms with Crippen LogP contribution in [0.2, 0.25) is 0 Å². The van der Waals surface area contributed by atoms with E-state index in [0.717, 1.165) is 47.9 Å². The Morgan fingerprint density at radius 1 is 0.663 bits per heavy atom. The molecule has 0 radical (unpaired) electrons. The molecule has 0 spiro atoms. The van der Waals surface area contributed by atoms with Crippen molar-refractivity contribution in [1.82, 2.24) is 20.4 Å². The molecule has 0 aromatic heterocycles. The second-order valence-electron chi connectivity index (χ2n) is 26.0. The molecule has 5 aliphatic rings. The van der Waals surface area contributed by atoms with Crippen LogP contribution < -0.4 is 20.1 Å². The molecule has 4 aromatic rings. The Kier molecular flexibility index (Phi) is 20.8. The number of benzene rings is 4. The molecule has 4 aliphatic heterocycles. The standard InChI is InChI=1S/C72H90N4O13/c1-43(2)20-15-22-45(5)24-17-32-71(7)62(79)38-53-60(77)36-51-55(64(53)88-71)40-75(67(51)82)35-19-31-59(76-41-56-52(68(76)83)37-61(78)54-39-63(80)72(8,89-65(54)56)33-18-25-46(6)23-16-21-44(3)4)66(81)74-58(69(84)85)30-13-14-34-73-70(86)87-42-57-49-28-11-9-26-47(49)48-27-10-12-29-50(48)57/h9-12,20-21,24-29,36-37,57-59,62-63,77-80H,13-19,22-23,30-35,38-42H2,1-8H3,(H,73,86)(H,74,81)(H,84,85)/b45-24+,46-25+/t58-,59-,62-,63-,71+,72+/m0/s1. The predicted octanol–water partition coefficient (Wildman–Crippen LogP) is 12.2. The monoisotopic (exact) mass is 1220 g/mol. The maximum Gasteiger partial charge on any atom is 0.407 e. The van der Waals surface area contributed by atoms with Crippen LogP contribution in [0.15, 0.2) is 107 Å². The molecule has 9 rings (SSSR count). The lowest BCUT2D eigenvalue weighted by atomic mass is 9.84. The van der Waals surface area contributed by atoms with Crippen LogP contribution in [0.3, 0.4) is 0 Å². The van der Waals surface area contributed by atoms with Crippen LogP contribution in [0.25, 0.3) is 11.1 Å². The number of hydrogen-bond donors (Lipinski definition) is 7. The number of fused-ring (bicyclic) bond motifs is 9. The largest absolute Gasteiger partial charge is 0.508 e. The molecule has 17 nitrogen and oxygen atoms in total. The number of aromatic hydroxyl groups is 2. The average molecular weight is 1220 g/mol. The summed E-state index contributed by atoms with van der Waals surface area (Å²) in [6.45, 7) is 16.5. The van der Waals surface area contributed by atoms with Crippen molar-refractivity contribution >= 4 is 29.8 Å². The number of nitrogens with zero attached hydrogens (tertiary/aromatic N) is 2. The smallest absolute Gasteiger partial charge is 0.407 e. The Morgan fingerprint density at radius 3 is 1.71 bits per heavy atom. The third kappa shape index (κ3) is 14.9. The van der Waals surface area contributed by atoms with Gasteiger partial charge in [-0.2, -0.15) is 0 Å². The zero-order valence-corrected chi connectivity index (χ0v) is 53.0. The van der Waals surface area contributed by atoms with E-state index in [9.17, 15) is 49.5 Å². The van der Waals surface area contributed by atoms with Crippen LogP contribution in [0.1, 0.15) is 199 Å². The second kappa shape index (κ2) is 28.3. The van der Waals surface area contributed by atoms with Crippen LogP contribution in [0, 0.1) is 0 Å². The minimum atomic E-state index is -1.38. The van der Waals surface area contributed by atoms with Gasteiger partial charge >= 0.3 is 12.1 Å². The summed E-state index contributed by atoms with van der Waals surface area (Å²) >= 11 is 0. The maximum absolute atomic E-state index is 14.9. The highest BCUT2D eigenvalue weighted by atomic mass is 16.5. The zero-order chi connectivity index (χ0) is 63.9. The van der Waals surface area contributed by atoms with Crippen molar-refractivity contribution in [2.75, 3.05) is 19.7 Å². The first-order valence-electron chi connectivity index (χ1n) is 31.8. The molecular weight excluding hydrogens is 1130 g/mol. The van der Waals surface area contributed by atoms with Crippen molar-refractivity contribution < 1.29 is 63.7 Å². The maximum atomic E-state index is 14.9. The molecule has 6 atom stereocenters. The Bertz CT molecular complexity index is 3420. The van der Waals surface area contributed by atoms with E-state index in [0.29, 0.717) is 66.5 Å². The number of amides is 4. The summed E-state index contributed by atoms with van der Waals surface area (Å²) in [5, 5.41) is 61.8. The number of phenols is 2. The molecule has 0 saturated heterocycles. The van der Waals surface area contributed by atoms with E-state index in [-0.39, 0.29) is 105 Å². The third-order valence-corrected chi connectivity index (χ3v) is 18.7. The first-order chi connectivity index (χ1) is 42.5. The van der Waals surface area contributed by atoms with E-state index < -0.39 is 59.4 Å². The summed E-state index contributed by atoms with van der Waals surface area (Å²) in [6, 6.07) is 16.2. The van der Waals surface area contributed by atoms with Crippen LogP contribution in [0.5, 0.6) is 23.0 Å². The molecule has 0 unspecified atom stereocenters. The van der Waals surface area contributed by atoms with Crippen molar-refractivity contribution in [3.05, 3.63) is 152 Å². The fourth-order valence-corrected chi connectivity index (χ4v) is 13.3. The molecule has 1 aliphatic carbocycles. The number of unbranched alkanes of at least 4 members (excludes halogenated alkanes) is 1. The van der Waals surface area contributed by atoms with Gasteiger partial charge < -0.3 is 60.2 Å². The summed E-state index contributed by atoms with van der Waals surface area (Å²) in [4.78, 5) is 72.8. The summed E-state index contributed by atoms with van der Waals surface area (Å²) in [6.07, 6.45) is 13.0. The van der Waals surface area contributed by atoms with Crippen LogP contribution in [-0.4, -0.2) is 120 Å². The van der Waals surface area contributed by atoms with Crippen molar-refractivity contribution in [3.8, 4) is 34.1 Å². The highest BCUT2D eigenvalue weighted by molar-refractivity contribution is 6.03. The van der Waals surface area contributed by atoms with Gasteiger partial charge in [-0.3, -0.25) is 14.4 Å². The lowest BCUT2D eigenvalue weighted by molar-refractivity contribution is -0.142. The number of aliphatic hydroxyl groups is 2. The molecule has 4 heterocycles. The van der Waals surface area contributed by atoms with E-state index >= 15 is 0 Å². The zero-order valence-electron chi connectivity index (χ0n) is 53.0. The number of phenolic OH excluding ortho intramolecular Hbond substituents is 2. The van der Waals surface area contributed by atoms with Crippen LogP contribution in [0.4, 0.5) is 4.79 Å². The van der Waals surface area contributed by atoms with E-state index in [1.165, 1.54) is 39.3 Å². The topological polar surface area (TPSA) is 245 Å². The minimum absolute atomic E-state index is 0.00255. The Morgan fingerprint density at radius 2 is 1.18 bits per heavy atom. The fraction of sp³-hybridized carbons (Fsp3) is 0.486. The van der Waals surface area contributed by atoms with Gasteiger partial charge in [0.15, 0.2) is 0 Å². The summed E-state index contributed by atoms with van der Waals surface area (Å²) in [7, 11) is 0. The molecule has 4 amide bonds. The number of ether oxygens (including phenoxy) is 3. The van der Waals surface area contributed by atoms with Crippen molar-refractivity contribution in [2.24, 2.45) is 0 Å². The average Bonchev–Trinajstić information content (AvgIpc) is 1.75. The van der Waals surface area contributed by atoms with Crippen molar-refractivity contribution in [3.63, 3.8) is 0 Å². The number of carboxylic acid groups (broad SMARTS) is 1. The predicted molar refractivity (Wildman–Crippen MR) is 341 cm³/mol. The quantitative estimate of drug-likeness (QED) is 0.0217. The summed E-state index contributed by atoms with van der Waals surface area (Å²) in [5.74, 6) is -2.85. The fourth-order valence-electron chi connectivity index (χ4n) is 13.3. The molecule has 0 saturated carbocycles. The molecule has 7 N–H and O–H groups in total. The van der Waals surface area contributed by atoms with Gasteiger partial charge in [0.25, 0.3) is 11.8 Å². The van der Waals surface area contributed by atoms with E-state index in [1.54, 1.807) is 4.90 Å². The molecule has 0 bridgehead atoms. The number of allylic oxidation sites excluding steroid dienone is 8. The number of rotatable bonds is 27. The van der Waals surface area contributed by atoms with E-state index in [4.69, 9.17) is 14.2 Å². The first kappa shape index (κ1) is 65.6. The van der Waals surface area contributed by atoms with Gasteiger partial charge in [0, 0.05) is 54.1 Å². The highest BCUT2D eigenvalue weighted by Crippen LogP contribution is 2.49. The van der Waals surface area contributed by atoms with E-state index in [2.05, 4.69) is 88.6 Å². The normalized spacial score (nSPS) is 20.7. The number of alkyl carbamates (subject to hydrolysis) is 1. The van der Waals surface area contributed by atoms with Gasteiger partial charge in [0.1, 0.15) is 52.9 Å². The number of hydrogen-bond acceptors (Lipinski definition) is 12. The summed E-state index contributed by atoms with van der Waals surface area (Å²) < 4.78 is 19.1. The van der Waals surface area contributed by atoms with Crippen LogP contribution in [-0.2, 0) is 40.3 Å². The molecule has 89 heavy (non-hydrogen) atoms. The first-order valence-corrected chi connectivity index (χ1v) is 31.8. The number of carbonyl (C=O) groups is 5. The molecule has 4 aromatic carbocycles. The van der Waals surface area contributed by atoms with Gasteiger partial charge in [0.05, 0.1) is 36.4 Å². The van der Waals surface area contributed by atoms with Gasteiger partial charge in [-0.05, 0) is 173 Å². The van der Waals surface area contributed by atoms with Crippen molar-refractivity contribution in [1.29, 1.82) is 0 Å². The number of carbonyl (C=O) groups excluding carboxylic acids is 4. The van der Waals surface area contributed by atoms with Crippen molar-refractivity contribution in [2.45, 2.75) is 206 Å². The molecule has 17 heteroatoms. The highest BCUT2D eigenvalue weighted by Gasteiger charge is 2.48. The second-order valence-corrected chi connectivity index (χ2v) is 26.0. The number of nitrogens with one attached hydrogen (secondary N) is 2. The van der Waals surface area contributed by atoms with Gasteiger partial charge in [0.2, 0.25) is 5.91 Å². The lowest BCUT2D eigenvalue weighted by Gasteiger charge is -2.41. The number of aliphatic hydroxyl groups excluding tert-OH is 2. The van der Waals surface area contributed by atoms with E-state index in [1.807, 2.05) is 50.2 Å². The molecule has 476 valence electrons. The van der Waals surface area contributed by atoms with Gasteiger partial charge in [-0.15, -0.1) is 0 Å². The Labute approximate surface area is 523 Å². The Hall–Kier alpha value is -7.89. The molecule has 0 fully saturated rings. The number of carboxylic acids is 1.